The average Bonchev–Trinajstić information content (AvgIpc) is 3.25. The fourth-order valence-corrected chi connectivity index (χ4v) is 3.06. The summed E-state index contributed by atoms with van der Waals surface area (Å²) in [6, 6.07) is 17.0. The quantitative estimate of drug-likeness (QED) is 0.535. The molecule has 0 saturated heterocycles. The van der Waals surface area contributed by atoms with Crippen LogP contribution in [0.1, 0.15) is 53.9 Å². The molecule has 1 aromatic heterocycles. The van der Waals surface area contributed by atoms with Crippen LogP contribution in [0, 0.1) is 0 Å². The van der Waals surface area contributed by atoms with Gasteiger partial charge in [0.15, 0.2) is 0 Å². The summed E-state index contributed by atoms with van der Waals surface area (Å²) < 4.78 is 17.1. The second kappa shape index (κ2) is 9.82. The SMILES string of the molecule is CCOc1ccc(C(=O)NCc2ccco2)cc1COc1ccccc1C(C)C. The van der Waals surface area contributed by atoms with Crippen molar-refractivity contribution >= 4 is 5.91 Å². The van der Waals surface area contributed by atoms with Crippen LogP contribution < -0.4 is 14.8 Å². The van der Waals surface area contributed by atoms with E-state index in [9.17, 15) is 4.79 Å². The van der Waals surface area contributed by atoms with E-state index in [0.29, 0.717) is 37.0 Å². The summed E-state index contributed by atoms with van der Waals surface area (Å²) in [6.45, 7) is 7.41. The van der Waals surface area contributed by atoms with Crippen LogP contribution in [-0.2, 0) is 13.2 Å². The zero-order valence-electron chi connectivity index (χ0n) is 17.1. The Kier molecular flexibility index (Phi) is 6.95. The first kappa shape index (κ1) is 20.5. The Hall–Kier alpha value is -3.21. The molecule has 0 radical (unpaired) electrons. The van der Waals surface area contributed by atoms with Gasteiger partial charge in [0.1, 0.15) is 23.9 Å². The van der Waals surface area contributed by atoms with Gasteiger partial charge in [-0.25, -0.2) is 0 Å². The lowest BCUT2D eigenvalue weighted by Crippen LogP contribution is -2.22. The number of carbonyl (C=O) groups is 1. The van der Waals surface area contributed by atoms with E-state index < -0.39 is 0 Å². The number of para-hydroxylation sites is 1. The van der Waals surface area contributed by atoms with E-state index in [-0.39, 0.29) is 5.91 Å². The number of rotatable bonds is 9. The summed E-state index contributed by atoms with van der Waals surface area (Å²) in [5.41, 5.74) is 2.53. The zero-order chi connectivity index (χ0) is 20.6. The molecule has 2 aromatic carbocycles. The van der Waals surface area contributed by atoms with Crippen molar-refractivity contribution < 1.29 is 18.7 Å². The van der Waals surface area contributed by atoms with Crippen LogP contribution in [0.4, 0.5) is 0 Å². The summed E-state index contributed by atoms with van der Waals surface area (Å²) >= 11 is 0. The van der Waals surface area contributed by atoms with Gasteiger partial charge in [-0.1, -0.05) is 32.0 Å². The molecular weight excluding hydrogens is 366 g/mol. The summed E-state index contributed by atoms with van der Waals surface area (Å²) in [5.74, 6) is 2.46. The number of ether oxygens (including phenoxy) is 2. The molecule has 0 spiro atoms. The third-order valence-electron chi connectivity index (χ3n) is 4.55. The van der Waals surface area contributed by atoms with E-state index >= 15 is 0 Å². The molecule has 29 heavy (non-hydrogen) atoms. The van der Waals surface area contributed by atoms with E-state index in [2.05, 4.69) is 25.2 Å². The number of hydrogen-bond acceptors (Lipinski definition) is 4. The molecule has 3 rings (SSSR count). The van der Waals surface area contributed by atoms with Crippen molar-refractivity contribution in [2.24, 2.45) is 0 Å². The second-order valence-corrected chi connectivity index (χ2v) is 7.00. The molecule has 0 fully saturated rings. The van der Waals surface area contributed by atoms with Crippen LogP contribution in [0.3, 0.4) is 0 Å². The molecule has 0 aliphatic rings. The molecular formula is C24H27NO4. The fourth-order valence-electron chi connectivity index (χ4n) is 3.06. The van der Waals surface area contributed by atoms with Gasteiger partial charge >= 0.3 is 0 Å². The Bertz CT molecular complexity index is 932. The van der Waals surface area contributed by atoms with Gasteiger partial charge in [0.2, 0.25) is 0 Å². The second-order valence-electron chi connectivity index (χ2n) is 7.00. The summed E-state index contributed by atoms with van der Waals surface area (Å²) in [4.78, 5) is 12.5. The molecule has 152 valence electrons. The third kappa shape index (κ3) is 5.41. The molecule has 0 aliphatic heterocycles. The van der Waals surface area contributed by atoms with Crippen LogP contribution in [0.2, 0.25) is 0 Å². The van der Waals surface area contributed by atoms with Gasteiger partial charge in [-0.15, -0.1) is 0 Å². The summed E-state index contributed by atoms with van der Waals surface area (Å²) in [6.07, 6.45) is 1.59. The van der Waals surface area contributed by atoms with Gasteiger partial charge in [0.25, 0.3) is 5.91 Å². The lowest BCUT2D eigenvalue weighted by molar-refractivity contribution is 0.0948. The predicted octanol–water partition coefficient (Wildman–Crippen LogP) is 5.31. The Balaban J connectivity index is 1.75. The Morgan fingerprint density at radius 1 is 1.03 bits per heavy atom. The van der Waals surface area contributed by atoms with Crippen LogP contribution in [0.25, 0.3) is 0 Å². The van der Waals surface area contributed by atoms with E-state index in [1.54, 1.807) is 18.4 Å². The van der Waals surface area contributed by atoms with Crippen LogP contribution >= 0.6 is 0 Å². The number of benzene rings is 2. The number of furan rings is 1. The molecule has 0 bridgehead atoms. The van der Waals surface area contributed by atoms with Crippen LogP contribution in [0.5, 0.6) is 11.5 Å². The normalized spacial score (nSPS) is 10.8. The highest BCUT2D eigenvalue weighted by Crippen LogP contribution is 2.28. The zero-order valence-corrected chi connectivity index (χ0v) is 17.1. The molecule has 5 heteroatoms. The summed E-state index contributed by atoms with van der Waals surface area (Å²) in [5, 5.41) is 2.86. The molecule has 1 amide bonds. The first-order valence-electron chi connectivity index (χ1n) is 9.86. The number of hydrogen-bond donors (Lipinski definition) is 1. The first-order chi connectivity index (χ1) is 14.1. The highest BCUT2D eigenvalue weighted by atomic mass is 16.5. The first-order valence-corrected chi connectivity index (χ1v) is 9.86. The van der Waals surface area contributed by atoms with Gasteiger partial charge in [-0.05, 0) is 54.8 Å². The van der Waals surface area contributed by atoms with Gasteiger partial charge in [0.05, 0.1) is 19.4 Å². The molecule has 1 heterocycles. The lowest BCUT2D eigenvalue weighted by atomic mass is 10.0. The minimum atomic E-state index is -0.173. The minimum Gasteiger partial charge on any atom is -0.493 e. The van der Waals surface area contributed by atoms with Crippen LogP contribution in [0.15, 0.2) is 65.3 Å². The maximum atomic E-state index is 12.5. The Morgan fingerprint density at radius 2 is 1.86 bits per heavy atom. The monoisotopic (exact) mass is 393 g/mol. The van der Waals surface area contributed by atoms with Gasteiger partial charge in [-0.2, -0.15) is 0 Å². The predicted molar refractivity (Wildman–Crippen MR) is 112 cm³/mol. The molecule has 0 atom stereocenters. The highest BCUT2D eigenvalue weighted by molar-refractivity contribution is 5.94. The van der Waals surface area contributed by atoms with Gasteiger partial charge < -0.3 is 19.2 Å². The number of amides is 1. The third-order valence-corrected chi connectivity index (χ3v) is 4.55. The number of carbonyl (C=O) groups excluding carboxylic acids is 1. The largest absolute Gasteiger partial charge is 0.493 e. The van der Waals surface area contributed by atoms with Crippen molar-refractivity contribution in [1.82, 2.24) is 5.32 Å². The minimum absolute atomic E-state index is 0.173. The van der Waals surface area contributed by atoms with Gasteiger partial charge in [0, 0.05) is 11.1 Å². The highest BCUT2D eigenvalue weighted by Gasteiger charge is 2.13. The summed E-state index contributed by atoms with van der Waals surface area (Å²) in [7, 11) is 0. The number of nitrogens with one attached hydrogen (secondary N) is 1. The van der Waals surface area contributed by atoms with Crippen molar-refractivity contribution in [3.8, 4) is 11.5 Å². The van der Waals surface area contributed by atoms with Crippen molar-refractivity contribution in [2.75, 3.05) is 6.61 Å². The smallest absolute Gasteiger partial charge is 0.251 e. The standard InChI is InChI=1S/C24H27NO4/c1-4-27-22-12-11-18(24(26)25-15-20-8-7-13-28-20)14-19(22)16-29-23-10-6-5-9-21(23)17(2)3/h5-14,17H,4,15-16H2,1-3H3,(H,25,26). The van der Waals surface area contributed by atoms with Crippen molar-refractivity contribution in [2.45, 2.75) is 39.8 Å². The van der Waals surface area contributed by atoms with E-state index in [0.717, 1.165) is 22.6 Å². The molecule has 0 aliphatic carbocycles. The Labute approximate surface area is 171 Å². The average molecular weight is 393 g/mol. The van der Waals surface area contributed by atoms with Crippen LogP contribution in [-0.4, -0.2) is 12.5 Å². The maximum absolute atomic E-state index is 12.5. The van der Waals surface area contributed by atoms with E-state index in [4.69, 9.17) is 13.9 Å². The molecule has 3 aromatic rings. The molecule has 0 unspecified atom stereocenters. The topological polar surface area (TPSA) is 60.7 Å². The van der Waals surface area contributed by atoms with E-state index in [1.807, 2.05) is 43.3 Å². The van der Waals surface area contributed by atoms with Crippen molar-refractivity contribution in [1.29, 1.82) is 0 Å². The molecule has 5 nitrogen and oxygen atoms in total. The fraction of sp³-hybridized carbons (Fsp3) is 0.292. The van der Waals surface area contributed by atoms with Gasteiger partial charge in [-0.3, -0.25) is 4.79 Å². The maximum Gasteiger partial charge on any atom is 0.251 e. The lowest BCUT2D eigenvalue weighted by Gasteiger charge is -2.16. The molecule has 0 saturated carbocycles. The Morgan fingerprint density at radius 3 is 2.59 bits per heavy atom. The molecule has 1 N–H and O–H groups in total. The van der Waals surface area contributed by atoms with E-state index in [1.165, 1.54) is 0 Å². The van der Waals surface area contributed by atoms with Crippen molar-refractivity contribution in [3.05, 3.63) is 83.3 Å². The van der Waals surface area contributed by atoms with Crippen molar-refractivity contribution in [3.63, 3.8) is 0 Å².